The molecule has 1 heterocycles. The standard InChI is InChI=1S/C17H17NS/c1-13-16(12-14-8-4-2-5-9-14)18-17(19-13)15-10-6-3-7-11-15/h2-11,13,16H,12H2,1H3. The smallest absolute Gasteiger partial charge is 0.0984 e. The highest BCUT2D eigenvalue weighted by atomic mass is 32.2. The first kappa shape index (κ1) is 12.5. The van der Waals surface area contributed by atoms with Crippen molar-refractivity contribution in [2.45, 2.75) is 24.6 Å². The van der Waals surface area contributed by atoms with Crippen molar-refractivity contribution in [2.24, 2.45) is 4.99 Å². The first-order valence-corrected chi connectivity index (χ1v) is 7.55. The summed E-state index contributed by atoms with van der Waals surface area (Å²) >= 11 is 1.90. The number of aliphatic imine (C=N–C) groups is 1. The molecule has 0 bridgehead atoms. The van der Waals surface area contributed by atoms with Crippen LogP contribution in [0.3, 0.4) is 0 Å². The van der Waals surface area contributed by atoms with Gasteiger partial charge in [-0.05, 0) is 12.0 Å². The zero-order chi connectivity index (χ0) is 13.1. The molecule has 1 nitrogen and oxygen atoms in total. The summed E-state index contributed by atoms with van der Waals surface area (Å²) in [6, 6.07) is 21.5. The Morgan fingerprint density at radius 3 is 2.26 bits per heavy atom. The lowest BCUT2D eigenvalue weighted by Gasteiger charge is -2.11. The first-order chi connectivity index (χ1) is 9.33. The van der Waals surface area contributed by atoms with Crippen LogP contribution in [0.25, 0.3) is 0 Å². The highest BCUT2D eigenvalue weighted by Gasteiger charge is 2.27. The quantitative estimate of drug-likeness (QED) is 0.812. The van der Waals surface area contributed by atoms with Gasteiger partial charge in [-0.25, -0.2) is 0 Å². The van der Waals surface area contributed by atoms with Crippen molar-refractivity contribution in [3.63, 3.8) is 0 Å². The van der Waals surface area contributed by atoms with Gasteiger partial charge in [0.25, 0.3) is 0 Å². The number of hydrogen-bond acceptors (Lipinski definition) is 2. The molecule has 19 heavy (non-hydrogen) atoms. The molecule has 96 valence electrons. The minimum atomic E-state index is 0.391. The minimum absolute atomic E-state index is 0.391. The van der Waals surface area contributed by atoms with E-state index in [0.717, 1.165) is 6.42 Å². The molecular formula is C17H17NS. The highest BCUT2D eigenvalue weighted by Crippen LogP contribution is 2.31. The molecular weight excluding hydrogens is 250 g/mol. The van der Waals surface area contributed by atoms with Crippen LogP contribution in [0.15, 0.2) is 65.7 Å². The normalized spacial score (nSPS) is 22.3. The second-order valence-corrected chi connectivity index (χ2v) is 6.25. The Balaban J connectivity index is 1.78. The summed E-state index contributed by atoms with van der Waals surface area (Å²) in [5.41, 5.74) is 2.62. The maximum atomic E-state index is 4.91. The molecule has 0 saturated carbocycles. The van der Waals surface area contributed by atoms with Gasteiger partial charge in [0.05, 0.1) is 11.1 Å². The van der Waals surface area contributed by atoms with E-state index in [0.29, 0.717) is 11.3 Å². The van der Waals surface area contributed by atoms with E-state index in [1.54, 1.807) is 0 Å². The van der Waals surface area contributed by atoms with E-state index in [1.165, 1.54) is 16.2 Å². The van der Waals surface area contributed by atoms with Gasteiger partial charge in [-0.1, -0.05) is 67.6 Å². The fraction of sp³-hybridized carbons (Fsp3) is 0.235. The van der Waals surface area contributed by atoms with Crippen molar-refractivity contribution in [1.29, 1.82) is 0 Å². The molecule has 0 radical (unpaired) electrons. The predicted octanol–water partition coefficient (Wildman–Crippen LogP) is 4.18. The summed E-state index contributed by atoms with van der Waals surface area (Å²) in [5, 5.41) is 1.74. The van der Waals surface area contributed by atoms with Crippen molar-refractivity contribution < 1.29 is 0 Å². The third kappa shape index (κ3) is 2.90. The first-order valence-electron chi connectivity index (χ1n) is 6.67. The van der Waals surface area contributed by atoms with E-state index in [1.807, 2.05) is 11.8 Å². The Morgan fingerprint density at radius 1 is 0.947 bits per heavy atom. The molecule has 0 aliphatic carbocycles. The average Bonchev–Trinajstić information content (AvgIpc) is 2.82. The van der Waals surface area contributed by atoms with Gasteiger partial charge in [-0.3, -0.25) is 4.99 Å². The third-order valence-corrected chi connectivity index (χ3v) is 4.68. The van der Waals surface area contributed by atoms with Crippen LogP contribution in [0, 0.1) is 0 Å². The Kier molecular flexibility index (Phi) is 3.69. The van der Waals surface area contributed by atoms with E-state index in [2.05, 4.69) is 67.6 Å². The molecule has 1 aliphatic rings. The van der Waals surface area contributed by atoms with Crippen molar-refractivity contribution >= 4 is 16.8 Å². The summed E-state index contributed by atoms with van der Waals surface area (Å²) in [4.78, 5) is 4.91. The van der Waals surface area contributed by atoms with E-state index >= 15 is 0 Å². The maximum Gasteiger partial charge on any atom is 0.0984 e. The lowest BCUT2D eigenvalue weighted by atomic mass is 10.0. The van der Waals surface area contributed by atoms with Crippen molar-refractivity contribution in [3.05, 3.63) is 71.8 Å². The van der Waals surface area contributed by atoms with Gasteiger partial charge < -0.3 is 0 Å². The third-order valence-electron chi connectivity index (χ3n) is 3.43. The van der Waals surface area contributed by atoms with Crippen LogP contribution in [0.1, 0.15) is 18.1 Å². The fourth-order valence-corrected chi connectivity index (χ4v) is 3.47. The molecule has 3 rings (SSSR count). The molecule has 2 aromatic carbocycles. The summed E-state index contributed by atoms with van der Waals surface area (Å²) in [6.45, 7) is 2.28. The molecule has 2 atom stereocenters. The van der Waals surface area contributed by atoms with Gasteiger partial charge >= 0.3 is 0 Å². The second-order valence-electron chi connectivity index (χ2n) is 4.88. The molecule has 0 saturated heterocycles. The minimum Gasteiger partial charge on any atom is -0.273 e. The maximum absolute atomic E-state index is 4.91. The average molecular weight is 267 g/mol. The van der Waals surface area contributed by atoms with Crippen LogP contribution in [0.5, 0.6) is 0 Å². The Hall–Kier alpha value is -1.54. The predicted molar refractivity (Wildman–Crippen MR) is 84.0 cm³/mol. The molecule has 2 unspecified atom stereocenters. The SMILES string of the molecule is CC1SC(c2ccccc2)=NC1Cc1ccccc1. The van der Waals surface area contributed by atoms with Gasteiger partial charge in [0.15, 0.2) is 0 Å². The van der Waals surface area contributed by atoms with Gasteiger partial charge in [0.1, 0.15) is 0 Å². The van der Waals surface area contributed by atoms with E-state index < -0.39 is 0 Å². The molecule has 2 heteroatoms. The fourth-order valence-electron chi connectivity index (χ4n) is 2.33. The van der Waals surface area contributed by atoms with Crippen molar-refractivity contribution in [3.8, 4) is 0 Å². The summed E-state index contributed by atoms with van der Waals surface area (Å²) in [5.74, 6) is 0. The van der Waals surface area contributed by atoms with Crippen LogP contribution in [0.2, 0.25) is 0 Å². The van der Waals surface area contributed by atoms with Gasteiger partial charge in [-0.15, -0.1) is 11.8 Å². The molecule has 0 aromatic heterocycles. The van der Waals surface area contributed by atoms with Crippen LogP contribution in [-0.4, -0.2) is 16.3 Å². The number of thioether (sulfide) groups is 1. The number of nitrogens with zero attached hydrogens (tertiary/aromatic N) is 1. The van der Waals surface area contributed by atoms with Gasteiger partial charge in [-0.2, -0.15) is 0 Å². The van der Waals surface area contributed by atoms with Crippen LogP contribution in [-0.2, 0) is 6.42 Å². The van der Waals surface area contributed by atoms with Crippen molar-refractivity contribution in [2.75, 3.05) is 0 Å². The summed E-state index contributed by atoms with van der Waals surface area (Å²) in [7, 11) is 0. The second kappa shape index (κ2) is 5.62. The van der Waals surface area contributed by atoms with Gasteiger partial charge in [0, 0.05) is 10.8 Å². The number of benzene rings is 2. The Morgan fingerprint density at radius 2 is 1.58 bits per heavy atom. The topological polar surface area (TPSA) is 12.4 Å². The van der Waals surface area contributed by atoms with Crippen LogP contribution in [0.4, 0.5) is 0 Å². The summed E-state index contributed by atoms with van der Waals surface area (Å²) < 4.78 is 0. The van der Waals surface area contributed by atoms with E-state index in [-0.39, 0.29) is 0 Å². The highest BCUT2D eigenvalue weighted by molar-refractivity contribution is 8.15. The zero-order valence-electron chi connectivity index (χ0n) is 11.0. The van der Waals surface area contributed by atoms with E-state index in [4.69, 9.17) is 4.99 Å². The largest absolute Gasteiger partial charge is 0.273 e. The van der Waals surface area contributed by atoms with Crippen LogP contribution < -0.4 is 0 Å². The molecule has 0 N–H and O–H groups in total. The van der Waals surface area contributed by atoms with E-state index in [9.17, 15) is 0 Å². The molecule has 0 amide bonds. The molecule has 0 spiro atoms. The molecule has 0 fully saturated rings. The number of rotatable bonds is 3. The number of hydrogen-bond donors (Lipinski definition) is 0. The lowest BCUT2D eigenvalue weighted by molar-refractivity contribution is 0.676. The van der Waals surface area contributed by atoms with Crippen LogP contribution >= 0.6 is 11.8 Å². The molecule has 2 aromatic rings. The zero-order valence-corrected chi connectivity index (χ0v) is 11.8. The van der Waals surface area contributed by atoms with Gasteiger partial charge in [0.2, 0.25) is 0 Å². The lowest BCUT2D eigenvalue weighted by Crippen LogP contribution is -2.16. The van der Waals surface area contributed by atoms with Crippen molar-refractivity contribution in [1.82, 2.24) is 0 Å². The molecule has 1 aliphatic heterocycles. The summed E-state index contributed by atoms with van der Waals surface area (Å²) in [6.07, 6.45) is 1.03. The Labute approximate surface area is 118 Å². The monoisotopic (exact) mass is 267 g/mol. The Bertz CT molecular complexity index is 562.